The van der Waals surface area contributed by atoms with E-state index in [-0.39, 0.29) is 12.1 Å². The minimum Gasteiger partial charge on any atom is -0.497 e. The third-order valence-corrected chi connectivity index (χ3v) is 6.92. The summed E-state index contributed by atoms with van der Waals surface area (Å²) >= 11 is 1.73. The molecular formula is C26H22N4O2S. The van der Waals surface area contributed by atoms with Gasteiger partial charge in [0.15, 0.2) is 0 Å². The molecule has 7 heteroatoms. The number of thioether (sulfide) groups is 1. The van der Waals surface area contributed by atoms with Crippen molar-refractivity contribution in [3.63, 3.8) is 0 Å². The number of nitrogens with one attached hydrogen (secondary N) is 1. The molecule has 0 saturated heterocycles. The Hall–Kier alpha value is -3.71. The molecule has 0 spiro atoms. The van der Waals surface area contributed by atoms with Gasteiger partial charge in [0.1, 0.15) is 30.0 Å². The van der Waals surface area contributed by atoms with E-state index in [9.17, 15) is 0 Å². The van der Waals surface area contributed by atoms with Crippen LogP contribution in [0.4, 0.5) is 5.95 Å². The Morgan fingerprint density at radius 2 is 1.73 bits per heavy atom. The molecule has 2 aliphatic heterocycles. The topological polar surface area (TPSA) is 61.2 Å². The Labute approximate surface area is 196 Å². The maximum Gasteiger partial charge on any atom is 0.226 e. The van der Waals surface area contributed by atoms with E-state index >= 15 is 0 Å². The Morgan fingerprint density at radius 3 is 2.48 bits per heavy atom. The summed E-state index contributed by atoms with van der Waals surface area (Å²) in [5, 5.41) is 8.12. The Kier molecular flexibility index (Phi) is 4.84. The summed E-state index contributed by atoms with van der Waals surface area (Å²) in [4.78, 5) is 5.71. The Balaban J connectivity index is 1.58. The van der Waals surface area contributed by atoms with Gasteiger partial charge in [-0.1, -0.05) is 36.4 Å². The average Bonchev–Trinajstić information content (AvgIpc) is 3.35. The smallest absolute Gasteiger partial charge is 0.226 e. The molecule has 4 aromatic rings. The van der Waals surface area contributed by atoms with Crippen molar-refractivity contribution in [1.82, 2.24) is 14.8 Å². The summed E-state index contributed by atoms with van der Waals surface area (Å²) < 4.78 is 14.0. The molecule has 0 fully saturated rings. The van der Waals surface area contributed by atoms with E-state index in [1.54, 1.807) is 25.2 Å². The minimum atomic E-state index is -0.275. The number of anilines is 1. The first kappa shape index (κ1) is 19.9. The second-order valence-corrected chi connectivity index (χ2v) is 8.81. The van der Waals surface area contributed by atoms with Crippen molar-refractivity contribution in [1.29, 1.82) is 0 Å². The van der Waals surface area contributed by atoms with Crippen LogP contribution in [0.15, 0.2) is 89.6 Å². The zero-order chi connectivity index (χ0) is 22.4. The molecule has 3 aromatic carbocycles. The van der Waals surface area contributed by atoms with Crippen LogP contribution in [0.3, 0.4) is 0 Å². The van der Waals surface area contributed by atoms with Gasteiger partial charge in [0.05, 0.1) is 12.8 Å². The van der Waals surface area contributed by atoms with Gasteiger partial charge in [-0.2, -0.15) is 10.1 Å². The normalized spacial score (nSPS) is 18.5. The van der Waals surface area contributed by atoms with E-state index < -0.39 is 0 Å². The van der Waals surface area contributed by atoms with Crippen LogP contribution in [0.25, 0.3) is 5.70 Å². The van der Waals surface area contributed by atoms with Crippen molar-refractivity contribution >= 4 is 23.4 Å². The SMILES string of the molecule is COc1ccc([C@H]2C3=C(Nc4ncnn42)c2ccccc2O[C@@H]3c2ccc(SC)cc2)cc1. The molecule has 6 rings (SSSR count). The summed E-state index contributed by atoms with van der Waals surface area (Å²) in [6.45, 7) is 0. The van der Waals surface area contributed by atoms with Crippen LogP contribution in [0, 0.1) is 0 Å². The first-order chi connectivity index (χ1) is 16.3. The number of aromatic nitrogens is 3. The maximum atomic E-state index is 6.66. The molecule has 164 valence electrons. The zero-order valence-corrected chi connectivity index (χ0v) is 19.0. The molecule has 0 bridgehead atoms. The lowest BCUT2D eigenvalue weighted by atomic mass is 9.84. The van der Waals surface area contributed by atoms with Crippen LogP contribution in [0.5, 0.6) is 11.5 Å². The molecule has 0 aliphatic carbocycles. The number of para-hydroxylation sites is 1. The first-order valence-electron chi connectivity index (χ1n) is 10.7. The highest BCUT2D eigenvalue weighted by molar-refractivity contribution is 7.98. The molecule has 1 N–H and O–H groups in total. The molecule has 2 atom stereocenters. The molecule has 0 saturated carbocycles. The van der Waals surface area contributed by atoms with Crippen molar-refractivity contribution < 1.29 is 9.47 Å². The van der Waals surface area contributed by atoms with E-state index in [2.05, 4.69) is 64.1 Å². The van der Waals surface area contributed by atoms with Gasteiger partial charge in [-0.25, -0.2) is 4.68 Å². The molecule has 0 radical (unpaired) electrons. The van der Waals surface area contributed by atoms with Crippen molar-refractivity contribution in [2.45, 2.75) is 17.0 Å². The monoisotopic (exact) mass is 454 g/mol. The van der Waals surface area contributed by atoms with Gasteiger partial charge in [0.25, 0.3) is 0 Å². The second-order valence-electron chi connectivity index (χ2n) is 7.93. The first-order valence-corrected chi connectivity index (χ1v) is 11.9. The largest absolute Gasteiger partial charge is 0.497 e. The number of fused-ring (bicyclic) bond motifs is 3. The van der Waals surface area contributed by atoms with Crippen molar-refractivity contribution in [2.75, 3.05) is 18.7 Å². The van der Waals surface area contributed by atoms with Gasteiger partial charge in [-0.15, -0.1) is 11.8 Å². The molecule has 6 nitrogen and oxygen atoms in total. The van der Waals surface area contributed by atoms with E-state index in [0.717, 1.165) is 39.5 Å². The fourth-order valence-corrected chi connectivity index (χ4v) is 4.99. The van der Waals surface area contributed by atoms with Crippen molar-refractivity contribution in [2.24, 2.45) is 0 Å². The van der Waals surface area contributed by atoms with E-state index in [0.29, 0.717) is 5.95 Å². The van der Waals surface area contributed by atoms with Gasteiger partial charge in [-0.3, -0.25) is 0 Å². The van der Waals surface area contributed by atoms with Gasteiger partial charge in [0, 0.05) is 16.0 Å². The fraction of sp³-hybridized carbons (Fsp3) is 0.154. The number of methoxy groups -OCH3 is 1. The molecular weight excluding hydrogens is 432 g/mol. The Morgan fingerprint density at radius 1 is 0.970 bits per heavy atom. The summed E-state index contributed by atoms with van der Waals surface area (Å²) in [5.41, 5.74) is 5.34. The number of hydrogen-bond acceptors (Lipinski definition) is 6. The third-order valence-electron chi connectivity index (χ3n) is 6.17. The van der Waals surface area contributed by atoms with Crippen LogP contribution in [0.2, 0.25) is 0 Å². The van der Waals surface area contributed by atoms with Crippen molar-refractivity contribution in [3.8, 4) is 11.5 Å². The fourth-order valence-electron chi connectivity index (χ4n) is 4.58. The van der Waals surface area contributed by atoms with Crippen LogP contribution in [-0.4, -0.2) is 28.1 Å². The van der Waals surface area contributed by atoms with Crippen LogP contribution in [0.1, 0.15) is 28.8 Å². The number of hydrogen-bond donors (Lipinski definition) is 1. The van der Waals surface area contributed by atoms with Crippen molar-refractivity contribution in [3.05, 3.63) is 101 Å². The highest BCUT2D eigenvalue weighted by Gasteiger charge is 2.40. The predicted octanol–water partition coefficient (Wildman–Crippen LogP) is 5.57. The van der Waals surface area contributed by atoms with E-state index in [1.807, 2.05) is 35.0 Å². The molecule has 0 unspecified atom stereocenters. The number of nitrogens with zero attached hydrogens (tertiary/aromatic N) is 3. The van der Waals surface area contributed by atoms with E-state index in [4.69, 9.17) is 9.47 Å². The number of rotatable bonds is 4. The van der Waals surface area contributed by atoms with Gasteiger partial charge < -0.3 is 14.8 Å². The molecule has 1 aromatic heterocycles. The molecule has 2 aliphatic rings. The standard InChI is InChI=1S/C26H22N4O2S/c1-31-18-11-7-16(8-12-18)24-22-23(29-26-27-15-28-30(24)26)20-5-3-4-6-21(20)32-25(22)17-9-13-19(33-2)14-10-17/h3-15,24-25H,1-2H3,(H,27,28,29)/t24-,25+/m0/s1. The van der Waals surface area contributed by atoms with Crippen LogP contribution in [-0.2, 0) is 0 Å². The Bertz CT molecular complexity index is 1350. The minimum absolute atomic E-state index is 0.178. The van der Waals surface area contributed by atoms with Gasteiger partial charge >= 0.3 is 0 Å². The highest BCUT2D eigenvalue weighted by atomic mass is 32.2. The maximum absolute atomic E-state index is 6.66. The quantitative estimate of drug-likeness (QED) is 0.407. The molecule has 3 heterocycles. The molecule has 33 heavy (non-hydrogen) atoms. The third kappa shape index (κ3) is 3.27. The lowest BCUT2D eigenvalue weighted by Crippen LogP contribution is -2.32. The molecule has 0 amide bonds. The number of ether oxygens (including phenoxy) is 2. The highest BCUT2D eigenvalue weighted by Crippen LogP contribution is 2.50. The number of benzene rings is 3. The van der Waals surface area contributed by atoms with Crippen LogP contribution >= 0.6 is 11.8 Å². The lowest BCUT2D eigenvalue weighted by molar-refractivity contribution is 0.223. The van der Waals surface area contributed by atoms with E-state index in [1.165, 1.54) is 4.90 Å². The van der Waals surface area contributed by atoms with Crippen LogP contribution < -0.4 is 14.8 Å². The second kappa shape index (κ2) is 8.01. The summed E-state index contributed by atoms with van der Waals surface area (Å²) in [7, 11) is 1.68. The zero-order valence-electron chi connectivity index (χ0n) is 18.2. The van der Waals surface area contributed by atoms with Gasteiger partial charge in [0.2, 0.25) is 5.95 Å². The van der Waals surface area contributed by atoms with Gasteiger partial charge in [-0.05, 0) is 53.8 Å². The lowest BCUT2D eigenvalue weighted by Gasteiger charge is -2.39. The summed E-state index contributed by atoms with van der Waals surface area (Å²) in [6.07, 6.45) is 3.40. The average molecular weight is 455 g/mol. The predicted molar refractivity (Wildman–Crippen MR) is 130 cm³/mol. The summed E-state index contributed by atoms with van der Waals surface area (Å²) in [5.74, 6) is 2.38. The summed E-state index contributed by atoms with van der Waals surface area (Å²) in [6, 6.07) is 24.7.